The van der Waals surface area contributed by atoms with Crippen molar-refractivity contribution in [3.63, 3.8) is 0 Å². The minimum atomic E-state index is -4.18. The first-order chi connectivity index (χ1) is 49.5. The molecule has 648 valence electrons. The summed E-state index contributed by atoms with van der Waals surface area (Å²) in [7, 11) is 4.39. The van der Waals surface area contributed by atoms with E-state index in [-0.39, 0.29) is 34.7 Å². The summed E-state index contributed by atoms with van der Waals surface area (Å²) in [5.74, 6) is 5.96. The zero-order valence-electron chi connectivity index (χ0n) is 80.0. The van der Waals surface area contributed by atoms with Gasteiger partial charge in [-0.2, -0.15) is 13.2 Å². The fraction of sp³-hybridized carbons (Fsp3) is 0.875. The van der Waals surface area contributed by atoms with Gasteiger partial charge < -0.3 is 47.2 Å². The Hall–Kier alpha value is -2.17. The van der Waals surface area contributed by atoms with Crippen molar-refractivity contribution in [2.45, 2.75) is 485 Å². The van der Waals surface area contributed by atoms with Crippen LogP contribution in [-0.4, -0.2) is 141 Å². The molecule has 6 saturated carbocycles. The van der Waals surface area contributed by atoms with Crippen LogP contribution in [0.3, 0.4) is 0 Å². The quantitative estimate of drug-likeness (QED) is 0.0615. The number of hydrogen-bond donors (Lipinski definition) is 8. The van der Waals surface area contributed by atoms with Crippen molar-refractivity contribution in [1.29, 1.82) is 0 Å². The van der Waals surface area contributed by atoms with Crippen LogP contribution in [0.4, 0.5) is 13.2 Å². The molecule has 0 aliphatic heterocycles. The van der Waals surface area contributed by atoms with Gasteiger partial charge in [-0.3, -0.25) is 4.90 Å². The number of fused-ring (bicyclic) bond motifs is 4. The zero-order chi connectivity index (χ0) is 85.6. The molecule has 0 saturated heterocycles. The van der Waals surface area contributed by atoms with Gasteiger partial charge in [0.2, 0.25) is 0 Å². The topological polar surface area (TPSA) is 111 Å². The molecule has 2 aromatic rings. The number of benzene rings is 2. The highest BCUT2D eigenvalue weighted by Gasteiger charge is 2.47. The molecule has 7 unspecified atom stereocenters. The fourth-order valence-electron chi connectivity index (χ4n) is 14.4. The molecule has 0 heterocycles. The van der Waals surface area contributed by atoms with E-state index in [4.69, 9.17) is 0 Å². The Labute approximate surface area is 679 Å². The van der Waals surface area contributed by atoms with Crippen molar-refractivity contribution in [3.05, 3.63) is 71.8 Å². The number of nitrogens with one attached hydrogen (secondary N) is 7. The third kappa shape index (κ3) is 53.6. The van der Waals surface area contributed by atoms with Gasteiger partial charge in [-0.25, -0.2) is 0 Å². The standard InChI is InChI=1S/2C10H19N.C10H23N.C10H14O.C10H14.C9H21N.C8H17N.C8H19N.C7H14F3N.C7H15N.C7H17N/c2*1-7(2)11-10-6-8-3-4-9(10)5-8;1-8(2)11-10(6,7)9(3,4)5;1-8(2)10(11)9-6-4-3-5-7-9;1-9(2)8-10-6-4-3-5-7-10;1-7(2)9(5,6)10-8(3)4;1-7(2)9(3)8-5-4-6-8;1-7(2)9(6)8(3,4)5;1-5(2)11-6(3,4)7(8,9)10;1-6(2)8-7-4-3-5-7;1-6(2)8-7(3,4)5/h2*7-11H,3-6H2,1-2H3;8,11H,1-7H3;3-8,10-11H,1-2H3;3-7,9H,8H2,1-2H3;7-8,10H,1-6H3;7-8H,4-6H2,1-3H3;7H,1-6H3;5,11H,1-4H3;6-8H,3-5H2,1-2H3;6,8H,1-5H3. The Balaban J connectivity index is -0.00000114. The summed E-state index contributed by atoms with van der Waals surface area (Å²) < 4.78 is 36.4. The summed E-state index contributed by atoms with van der Waals surface area (Å²) in [6.45, 7) is 83.1. The largest absolute Gasteiger partial charge is 0.406 e. The molecule has 0 aromatic heterocycles. The lowest BCUT2D eigenvalue weighted by Gasteiger charge is -2.41. The van der Waals surface area contributed by atoms with Crippen molar-refractivity contribution in [2.24, 2.45) is 46.8 Å². The Morgan fingerprint density at radius 2 is 0.798 bits per heavy atom. The van der Waals surface area contributed by atoms with Crippen molar-refractivity contribution in [2.75, 3.05) is 14.1 Å². The van der Waals surface area contributed by atoms with Gasteiger partial charge in [0.05, 0.1) is 6.10 Å². The molecule has 10 nitrogen and oxygen atoms in total. The molecule has 6 aliphatic rings. The molecule has 0 amide bonds. The van der Waals surface area contributed by atoms with Gasteiger partial charge >= 0.3 is 6.18 Å². The van der Waals surface area contributed by atoms with Crippen LogP contribution in [0.25, 0.3) is 0 Å². The Morgan fingerprint density at radius 3 is 0.972 bits per heavy atom. The van der Waals surface area contributed by atoms with E-state index in [1.54, 1.807) is 13.8 Å². The van der Waals surface area contributed by atoms with E-state index in [9.17, 15) is 18.3 Å². The van der Waals surface area contributed by atoms with E-state index < -0.39 is 11.7 Å². The summed E-state index contributed by atoms with van der Waals surface area (Å²) in [4.78, 5) is 4.83. The van der Waals surface area contributed by atoms with Crippen LogP contribution in [0.2, 0.25) is 0 Å². The van der Waals surface area contributed by atoms with E-state index in [0.717, 1.165) is 79.2 Å². The first kappa shape index (κ1) is 111. The molecular weight excluding hydrogens is 1350 g/mol. The van der Waals surface area contributed by atoms with Crippen molar-refractivity contribution < 1.29 is 18.3 Å². The average Bonchev–Trinajstić information content (AvgIpc) is 1.69. The van der Waals surface area contributed by atoms with Crippen LogP contribution in [0.5, 0.6) is 0 Å². The van der Waals surface area contributed by atoms with E-state index in [1.807, 2.05) is 44.2 Å². The number of aliphatic hydroxyl groups excluding tert-OH is 1. The maximum atomic E-state index is 12.1. The smallest absolute Gasteiger partial charge is 0.388 e. The van der Waals surface area contributed by atoms with E-state index in [2.05, 4.69) is 320 Å². The summed E-state index contributed by atoms with van der Waals surface area (Å²) in [5.41, 5.74) is 2.04. The molecule has 4 bridgehead atoms. The number of hydrogen-bond acceptors (Lipinski definition) is 10. The molecule has 2 aromatic carbocycles. The SMILES string of the molecule is CC(C)C(O)c1ccccc1.CC(C)Cc1ccccc1.CC(C)N(C)C(C)(C)C.CC(C)N(C)C1CCC1.CC(C)NC(C)(C)C.CC(C)NC(C)(C)C(C)(C)C.CC(C)NC(C)(C)C(C)C.CC(C)NC(C)(C)C(F)(F)F.CC(C)NC1CC2CCC1C2.CC(C)NC1CC2CCC1C2.CC(C)NC1CCC1. The molecular formula is C96H192F3N9O. The third-order valence-corrected chi connectivity index (χ3v) is 22.5. The minimum absolute atomic E-state index is 0.161. The summed E-state index contributed by atoms with van der Waals surface area (Å²) in [6.07, 6.45) is 17.2. The third-order valence-electron chi connectivity index (χ3n) is 22.5. The lowest BCUT2D eigenvalue weighted by Crippen LogP contribution is -2.54. The van der Waals surface area contributed by atoms with Gasteiger partial charge in [0.25, 0.3) is 0 Å². The van der Waals surface area contributed by atoms with Crippen molar-refractivity contribution >= 4 is 0 Å². The second kappa shape index (κ2) is 53.9. The molecule has 109 heavy (non-hydrogen) atoms. The monoisotopic (exact) mass is 1540 g/mol. The molecule has 7 atom stereocenters. The van der Waals surface area contributed by atoms with Crippen LogP contribution >= 0.6 is 0 Å². The highest BCUT2D eigenvalue weighted by atomic mass is 19.4. The summed E-state index contributed by atoms with van der Waals surface area (Å²) in [6, 6.07) is 28.8. The molecule has 8 rings (SSSR count). The maximum absolute atomic E-state index is 12.1. The normalized spacial score (nSPS) is 20.2. The van der Waals surface area contributed by atoms with E-state index >= 15 is 0 Å². The van der Waals surface area contributed by atoms with Gasteiger partial charge in [0, 0.05) is 101 Å². The number of aliphatic hydroxyl groups is 1. The minimum Gasteiger partial charge on any atom is -0.388 e. The molecule has 6 fully saturated rings. The lowest BCUT2D eigenvalue weighted by molar-refractivity contribution is -0.187. The summed E-state index contributed by atoms with van der Waals surface area (Å²) >= 11 is 0. The van der Waals surface area contributed by atoms with E-state index in [0.29, 0.717) is 59.2 Å². The molecule has 13 heteroatoms. The Morgan fingerprint density at radius 1 is 0.422 bits per heavy atom. The molecule has 0 spiro atoms. The average molecular weight is 1550 g/mol. The lowest BCUT2D eigenvalue weighted by atomic mass is 9.76. The van der Waals surface area contributed by atoms with Gasteiger partial charge in [-0.05, 0) is 253 Å². The maximum Gasteiger partial charge on any atom is 0.406 e. The van der Waals surface area contributed by atoms with E-state index in [1.165, 1.54) is 102 Å². The van der Waals surface area contributed by atoms with Crippen molar-refractivity contribution in [3.8, 4) is 0 Å². The molecule has 6 aliphatic carbocycles. The van der Waals surface area contributed by atoms with Crippen LogP contribution in [-0.2, 0) is 6.42 Å². The fourth-order valence-corrected chi connectivity index (χ4v) is 14.4. The Kier molecular flexibility index (Phi) is 54.9. The van der Waals surface area contributed by atoms with Gasteiger partial charge in [0.15, 0.2) is 0 Å². The molecule has 0 radical (unpaired) electrons. The first-order valence-electron chi connectivity index (χ1n) is 44.2. The number of halogens is 3. The van der Waals surface area contributed by atoms with Crippen LogP contribution in [0, 0.1) is 46.8 Å². The van der Waals surface area contributed by atoms with Gasteiger partial charge in [-0.15, -0.1) is 0 Å². The first-order valence-corrected chi connectivity index (χ1v) is 44.2. The number of rotatable bonds is 21. The molecule has 8 N–H and O–H groups in total. The number of alkyl halides is 3. The van der Waals surface area contributed by atoms with Gasteiger partial charge in [-0.1, -0.05) is 246 Å². The van der Waals surface area contributed by atoms with Crippen molar-refractivity contribution in [1.82, 2.24) is 47.0 Å². The highest BCUT2D eigenvalue weighted by Crippen LogP contribution is 2.45. The Bertz CT molecular complexity index is 2400. The van der Waals surface area contributed by atoms with Gasteiger partial charge in [0.1, 0.15) is 5.54 Å². The highest BCUT2D eigenvalue weighted by molar-refractivity contribution is 5.18. The van der Waals surface area contributed by atoms with Crippen LogP contribution in [0.15, 0.2) is 60.7 Å². The second-order valence-electron chi connectivity index (χ2n) is 41.9. The zero-order valence-corrected chi connectivity index (χ0v) is 80.0. The second-order valence-corrected chi connectivity index (χ2v) is 41.9. The van der Waals surface area contributed by atoms with Crippen LogP contribution in [0.1, 0.15) is 377 Å². The predicted octanol–water partition coefficient (Wildman–Crippen LogP) is 24.5. The predicted molar refractivity (Wildman–Crippen MR) is 481 cm³/mol. The number of nitrogens with zero attached hydrogens (tertiary/aromatic N) is 2. The van der Waals surface area contributed by atoms with Crippen LogP contribution < -0.4 is 37.2 Å². The summed E-state index contributed by atoms with van der Waals surface area (Å²) in [5, 5.41) is 33.3.